The molecule has 20 heavy (non-hydrogen) atoms. The van der Waals surface area contributed by atoms with E-state index < -0.39 is 4.92 Å². The number of hydrogen-bond donors (Lipinski definition) is 1. The molecule has 0 fully saturated rings. The summed E-state index contributed by atoms with van der Waals surface area (Å²) in [6.45, 7) is 1.23. The fourth-order valence-corrected chi connectivity index (χ4v) is 1.74. The summed E-state index contributed by atoms with van der Waals surface area (Å²) in [4.78, 5) is 14.4. The molecule has 1 heterocycles. The Kier molecular flexibility index (Phi) is 4.62. The number of nitro benzene ring substituents is 1. The molecule has 1 aromatic carbocycles. The third kappa shape index (κ3) is 3.76. The molecule has 0 saturated heterocycles. The molecule has 0 aliphatic rings. The van der Waals surface area contributed by atoms with Crippen LogP contribution in [-0.4, -0.2) is 17.0 Å². The van der Waals surface area contributed by atoms with Gasteiger partial charge in [-0.1, -0.05) is 18.2 Å². The number of aromatic nitrogens is 1. The van der Waals surface area contributed by atoms with E-state index in [-0.39, 0.29) is 5.69 Å². The lowest BCUT2D eigenvalue weighted by molar-refractivity contribution is -0.384. The van der Waals surface area contributed by atoms with Crippen molar-refractivity contribution in [2.75, 3.05) is 7.11 Å². The van der Waals surface area contributed by atoms with Crippen molar-refractivity contribution in [3.05, 3.63) is 63.8 Å². The topological polar surface area (TPSA) is 77.3 Å². The Morgan fingerprint density at radius 3 is 2.60 bits per heavy atom. The molecule has 1 N–H and O–H groups in total. The highest BCUT2D eigenvalue weighted by Crippen LogP contribution is 2.12. The van der Waals surface area contributed by atoms with Gasteiger partial charge < -0.3 is 10.1 Å². The van der Waals surface area contributed by atoms with Crippen molar-refractivity contribution in [1.82, 2.24) is 10.3 Å². The first-order valence-electron chi connectivity index (χ1n) is 6.13. The molecule has 0 atom stereocenters. The highest BCUT2D eigenvalue weighted by molar-refractivity contribution is 5.32. The number of ether oxygens (including phenoxy) is 1. The Bertz CT molecular complexity index is 584. The van der Waals surface area contributed by atoms with Gasteiger partial charge in [0.25, 0.3) is 5.69 Å². The van der Waals surface area contributed by atoms with Crippen LogP contribution in [0.4, 0.5) is 5.69 Å². The minimum atomic E-state index is -0.405. The van der Waals surface area contributed by atoms with Crippen LogP contribution in [0.5, 0.6) is 5.88 Å². The summed E-state index contributed by atoms with van der Waals surface area (Å²) in [6.07, 6.45) is 0. The van der Waals surface area contributed by atoms with Crippen molar-refractivity contribution in [2.45, 2.75) is 13.1 Å². The van der Waals surface area contributed by atoms with Gasteiger partial charge in [-0.15, -0.1) is 0 Å². The van der Waals surface area contributed by atoms with Gasteiger partial charge in [0.1, 0.15) is 0 Å². The van der Waals surface area contributed by atoms with Crippen LogP contribution < -0.4 is 10.1 Å². The Morgan fingerprint density at radius 1 is 1.20 bits per heavy atom. The fourth-order valence-electron chi connectivity index (χ4n) is 1.74. The lowest BCUT2D eigenvalue weighted by Crippen LogP contribution is -2.13. The molecule has 0 aliphatic heterocycles. The number of hydrogen-bond acceptors (Lipinski definition) is 5. The maximum absolute atomic E-state index is 10.5. The van der Waals surface area contributed by atoms with Crippen LogP contribution in [0.1, 0.15) is 11.3 Å². The molecule has 0 unspecified atom stereocenters. The van der Waals surface area contributed by atoms with E-state index >= 15 is 0 Å². The molecular weight excluding hydrogens is 258 g/mol. The summed E-state index contributed by atoms with van der Waals surface area (Å²) in [6, 6.07) is 12.1. The Balaban J connectivity index is 1.87. The molecule has 2 rings (SSSR count). The van der Waals surface area contributed by atoms with Crippen molar-refractivity contribution >= 4 is 5.69 Å². The van der Waals surface area contributed by atoms with Gasteiger partial charge >= 0.3 is 0 Å². The Morgan fingerprint density at radius 2 is 1.95 bits per heavy atom. The standard InChI is InChI=1S/C14H15N3O3/c1-20-14-4-2-3-12(16-14)10-15-9-11-5-7-13(8-6-11)17(18)19/h2-8,15H,9-10H2,1H3. The molecule has 0 bridgehead atoms. The van der Waals surface area contributed by atoms with Crippen molar-refractivity contribution in [3.8, 4) is 5.88 Å². The summed E-state index contributed by atoms with van der Waals surface area (Å²) in [5, 5.41) is 13.8. The zero-order valence-corrected chi connectivity index (χ0v) is 11.1. The number of nitrogens with zero attached hydrogens (tertiary/aromatic N) is 2. The minimum Gasteiger partial charge on any atom is -0.481 e. The second-order valence-electron chi connectivity index (χ2n) is 4.20. The smallest absolute Gasteiger partial charge is 0.269 e. The molecule has 1 aromatic heterocycles. The van der Waals surface area contributed by atoms with Crippen LogP contribution in [0.25, 0.3) is 0 Å². The normalized spacial score (nSPS) is 10.2. The molecule has 2 aromatic rings. The van der Waals surface area contributed by atoms with Gasteiger partial charge in [-0.25, -0.2) is 4.98 Å². The van der Waals surface area contributed by atoms with E-state index in [4.69, 9.17) is 4.74 Å². The number of benzene rings is 1. The molecule has 0 amide bonds. The Hall–Kier alpha value is -2.47. The summed E-state index contributed by atoms with van der Waals surface area (Å²) >= 11 is 0. The Labute approximate surface area is 116 Å². The lowest BCUT2D eigenvalue weighted by Gasteiger charge is -2.06. The van der Waals surface area contributed by atoms with E-state index in [1.165, 1.54) is 12.1 Å². The molecule has 0 aliphatic carbocycles. The summed E-state index contributed by atoms with van der Waals surface area (Å²) in [5.41, 5.74) is 1.97. The third-order valence-corrected chi connectivity index (χ3v) is 2.77. The predicted molar refractivity (Wildman–Crippen MR) is 74.4 cm³/mol. The third-order valence-electron chi connectivity index (χ3n) is 2.77. The van der Waals surface area contributed by atoms with Gasteiger partial charge in [0.2, 0.25) is 5.88 Å². The van der Waals surface area contributed by atoms with Crippen molar-refractivity contribution in [3.63, 3.8) is 0 Å². The maximum Gasteiger partial charge on any atom is 0.269 e. The van der Waals surface area contributed by atoms with E-state index in [1.54, 1.807) is 25.3 Å². The van der Waals surface area contributed by atoms with Crippen molar-refractivity contribution < 1.29 is 9.66 Å². The first kappa shape index (κ1) is 14.0. The average molecular weight is 273 g/mol. The molecular formula is C14H15N3O3. The van der Waals surface area contributed by atoms with Gasteiger partial charge in [0, 0.05) is 31.3 Å². The monoisotopic (exact) mass is 273 g/mol. The van der Waals surface area contributed by atoms with Gasteiger partial charge in [-0.05, 0) is 11.6 Å². The van der Waals surface area contributed by atoms with E-state index in [1.807, 2.05) is 12.1 Å². The number of pyridine rings is 1. The van der Waals surface area contributed by atoms with Crippen molar-refractivity contribution in [1.29, 1.82) is 0 Å². The predicted octanol–water partition coefficient (Wildman–Crippen LogP) is 2.29. The van der Waals surface area contributed by atoms with Crippen molar-refractivity contribution in [2.24, 2.45) is 0 Å². The van der Waals surface area contributed by atoms with Gasteiger partial charge in [-0.3, -0.25) is 10.1 Å². The number of methoxy groups -OCH3 is 1. The maximum atomic E-state index is 10.5. The largest absolute Gasteiger partial charge is 0.481 e. The van der Waals surface area contributed by atoms with Crippen LogP contribution in [0, 0.1) is 10.1 Å². The molecule has 6 heteroatoms. The highest BCUT2D eigenvalue weighted by Gasteiger charge is 2.03. The quantitative estimate of drug-likeness (QED) is 0.645. The molecule has 0 radical (unpaired) electrons. The molecule has 0 spiro atoms. The number of nitro groups is 1. The zero-order valence-electron chi connectivity index (χ0n) is 11.1. The van der Waals surface area contributed by atoms with Gasteiger partial charge in [-0.2, -0.15) is 0 Å². The molecule has 0 saturated carbocycles. The second kappa shape index (κ2) is 6.63. The number of non-ortho nitro benzene ring substituents is 1. The van der Waals surface area contributed by atoms with Crippen LogP contribution >= 0.6 is 0 Å². The number of nitrogens with one attached hydrogen (secondary N) is 1. The average Bonchev–Trinajstić information content (AvgIpc) is 2.48. The van der Waals surface area contributed by atoms with Gasteiger partial charge in [0.15, 0.2) is 0 Å². The molecule has 104 valence electrons. The summed E-state index contributed by atoms with van der Waals surface area (Å²) in [5.74, 6) is 0.583. The highest BCUT2D eigenvalue weighted by atomic mass is 16.6. The summed E-state index contributed by atoms with van der Waals surface area (Å²) < 4.78 is 5.05. The van der Waals surface area contributed by atoms with E-state index in [2.05, 4.69) is 10.3 Å². The van der Waals surface area contributed by atoms with E-state index in [9.17, 15) is 10.1 Å². The fraction of sp³-hybridized carbons (Fsp3) is 0.214. The first-order chi connectivity index (χ1) is 9.69. The van der Waals surface area contributed by atoms with E-state index in [0.29, 0.717) is 19.0 Å². The summed E-state index contributed by atoms with van der Waals surface area (Å²) in [7, 11) is 1.58. The SMILES string of the molecule is COc1cccc(CNCc2ccc([N+](=O)[O-])cc2)n1. The van der Waals surface area contributed by atoms with Crippen LogP contribution in [0.15, 0.2) is 42.5 Å². The first-order valence-corrected chi connectivity index (χ1v) is 6.13. The molecule has 6 nitrogen and oxygen atoms in total. The van der Waals surface area contributed by atoms with Crippen LogP contribution in [0.3, 0.4) is 0 Å². The minimum absolute atomic E-state index is 0.100. The van der Waals surface area contributed by atoms with Crippen LogP contribution in [-0.2, 0) is 13.1 Å². The second-order valence-corrected chi connectivity index (χ2v) is 4.20. The van der Waals surface area contributed by atoms with Crippen LogP contribution in [0.2, 0.25) is 0 Å². The number of rotatable bonds is 6. The lowest BCUT2D eigenvalue weighted by atomic mass is 10.2. The van der Waals surface area contributed by atoms with E-state index in [0.717, 1.165) is 11.3 Å². The zero-order chi connectivity index (χ0) is 14.4. The van der Waals surface area contributed by atoms with Gasteiger partial charge in [0.05, 0.1) is 17.7 Å².